The summed E-state index contributed by atoms with van der Waals surface area (Å²) < 4.78 is 5.47. The molecule has 0 aromatic heterocycles. The predicted octanol–water partition coefficient (Wildman–Crippen LogP) is 18.2. The first-order chi connectivity index (χ1) is 32.5. The van der Waals surface area contributed by atoms with E-state index in [1.807, 2.05) is 0 Å². The monoisotopic (exact) mass is 930 g/mol. The molecule has 3 N–H and O–H groups in total. The molecular weight excluding hydrogens is 815 g/mol. The normalized spacial score (nSPS) is 12.7. The molecule has 0 heterocycles. The second-order valence-electron chi connectivity index (χ2n) is 20.3. The molecule has 0 rings (SSSR count). The van der Waals surface area contributed by atoms with Crippen molar-refractivity contribution in [2.75, 3.05) is 13.2 Å². The molecule has 6 heteroatoms. The Morgan fingerprint density at radius 3 is 1.15 bits per heavy atom. The van der Waals surface area contributed by atoms with E-state index < -0.39 is 12.1 Å². The standard InChI is InChI=1S/C60H115NO5/c1-3-5-7-9-11-13-15-32-36-40-44-48-52-58(63)57(56-62)61-59(64)53-49-45-41-37-33-30-28-26-24-22-20-18-17-19-21-23-25-27-29-31-35-39-43-47-51-55-66-60(65)54-50-46-42-38-34-16-14-12-10-8-6-4-2/h18-21,57-58,62-63H,3-17,22-56H2,1-2H3,(H,61,64)/b20-18-,21-19-. The second-order valence-corrected chi connectivity index (χ2v) is 20.3. The van der Waals surface area contributed by atoms with E-state index in [2.05, 4.69) is 43.5 Å². The Balaban J connectivity index is 3.42. The molecule has 0 spiro atoms. The minimum Gasteiger partial charge on any atom is -0.466 e. The number of hydrogen-bond donors (Lipinski definition) is 3. The van der Waals surface area contributed by atoms with Crippen molar-refractivity contribution in [1.82, 2.24) is 5.32 Å². The number of aliphatic hydroxyl groups is 2. The van der Waals surface area contributed by atoms with E-state index in [1.165, 1.54) is 244 Å². The molecule has 0 fully saturated rings. The smallest absolute Gasteiger partial charge is 0.305 e. The maximum Gasteiger partial charge on any atom is 0.305 e. The van der Waals surface area contributed by atoms with Crippen molar-refractivity contribution in [2.45, 2.75) is 334 Å². The summed E-state index contributed by atoms with van der Waals surface area (Å²) in [5.74, 6) is -0.0311. The molecule has 0 saturated carbocycles. The van der Waals surface area contributed by atoms with Crippen LogP contribution in [0.4, 0.5) is 0 Å². The summed E-state index contributed by atoms with van der Waals surface area (Å²) in [6.07, 6.45) is 67.5. The van der Waals surface area contributed by atoms with Crippen LogP contribution in [0.1, 0.15) is 322 Å². The highest BCUT2D eigenvalue weighted by atomic mass is 16.5. The highest BCUT2D eigenvalue weighted by molar-refractivity contribution is 5.76. The molecular formula is C60H115NO5. The van der Waals surface area contributed by atoms with Gasteiger partial charge in [-0.05, 0) is 57.8 Å². The quantitative estimate of drug-likeness (QED) is 0.0321. The van der Waals surface area contributed by atoms with Gasteiger partial charge in [0.15, 0.2) is 0 Å². The van der Waals surface area contributed by atoms with Gasteiger partial charge in [0.2, 0.25) is 5.91 Å². The van der Waals surface area contributed by atoms with Crippen molar-refractivity contribution in [2.24, 2.45) is 0 Å². The number of carbonyl (C=O) groups excluding carboxylic acids is 2. The number of ether oxygens (including phenoxy) is 1. The Morgan fingerprint density at radius 2 is 0.758 bits per heavy atom. The molecule has 0 aromatic rings. The van der Waals surface area contributed by atoms with Gasteiger partial charge in [-0.1, -0.05) is 276 Å². The van der Waals surface area contributed by atoms with Crippen LogP contribution < -0.4 is 5.32 Å². The number of amides is 1. The van der Waals surface area contributed by atoms with Gasteiger partial charge in [-0.2, -0.15) is 0 Å². The van der Waals surface area contributed by atoms with E-state index in [-0.39, 0.29) is 18.5 Å². The number of hydrogen-bond acceptors (Lipinski definition) is 5. The lowest BCUT2D eigenvalue weighted by Gasteiger charge is -2.22. The van der Waals surface area contributed by atoms with Crippen molar-refractivity contribution in [3.63, 3.8) is 0 Å². The Labute approximate surface area is 411 Å². The van der Waals surface area contributed by atoms with Gasteiger partial charge in [-0.15, -0.1) is 0 Å². The van der Waals surface area contributed by atoms with Gasteiger partial charge in [0.05, 0.1) is 25.4 Å². The largest absolute Gasteiger partial charge is 0.466 e. The summed E-state index contributed by atoms with van der Waals surface area (Å²) in [4.78, 5) is 24.4. The highest BCUT2D eigenvalue weighted by Gasteiger charge is 2.20. The van der Waals surface area contributed by atoms with E-state index in [9.17, 15) is 19.8 Å². The van der Waals surface area contributed by atoms with E-state index >= 15 is 0 Å². The second kappa shape index (κ2) is 55.9. The zero-order valence-electron chi connectivity index (χ0n) is 44.4. The molecule has 2 atom stereocenters. The maximum absolute atomic E-state index is 12.4. The molecule has 390 valence electrons. The fourth-order valence-electron chi connectivity index (χ4n) is 9.20. The topological polar surface area (TPSA) is 95.9 Å². The number of allylic oxidation sites excluding steroid dienone is 4. The number of rotatable bonds is 55. The van der Waals surface area contributed by atoms with Crippen LogP contribution in [-0.4, -0.2) is 47.4 Å². The number of nitrogens with one attached hydrogen (secondary N) is 1. The summed E-state index contributed by atoms with van der Waals surface area (Å²) in [7, 11) is 0. The van der Waals surface area contributed by atoms with Crippen LogP contribution in [-0.2, 0) is 14.3 Å². The minimum atomic E-state index is -0.667. The van der Waals surface area contributed by atoms with Crippen LogP contribution in [0, 0.1) is 0 Å². The van der Waals surface area contributed by atoms with E-state index in [4.69, 9.17) is 4.74 Å². The Bertz CT molecular complexity index is 1030. The van der Waals surface area contributed by atoms with Crippen LogP contribution in [0.2, 0.25) is 0 Å². The molecule has 1 amide bonds. The van der Waals surface area contributed by atoms with Crippen molar-refractivity contribution >= 4 is 11.9 Å². The van der Waals surface area contributed by atoms with Gasteiger partial charge in [-0.3, -0.25) is 9.59 Å². The van der Waals surface area contributed by atoms with Crippen molar-refractivity contribution < 1.29 is 24.5 Å². The summed E-state index contributed by atoms with van der Waals surface area (Å²) in [6, 6.07) is -0.544. The SMILES string of the molecule is CCCCCCCCCCCCCCC(=O)OCCCCCCCCCCC/C=C\C/C=C\CCCCCCCCCCCC(=O)NC(CO)C(O)CCCCCCCCCCCCCC. The molecule has 0 bridgehead atoms. The first-order valence-corrected chi connectivity index (χ1v) is 29.6. The Kier molecular flexibility index (Phi) is 54.5. The number of unbranched alkanes of at least 4 members (excludes halogenated alkanes) is 40. The van der Waals surface area contributed by atoms with Crippen LogP contribution in [0.15, 0.2) is 24.3 Å². The van der Waals surface area contributed by atoms with Gasteiger partial charge in [-0.25, -0.2) is 0 Å². The van der Waals surface area contributed by atoms with Crippen molar-refractivity contribution in [3.8, 4) is 0 Å². The zero-order valence-corrected chi connectivity index (χ0v) is 44.4. The molecule has 0 radical (unpaired) electrons. The summed E-state index contributed by atoms with van der Waals surface area (Å²) in [6.45, 7) is 4.95. The Hall–Kier alpha value is -1.66. The molecule has 0 aliphatic rings. The summed E-state index contributed by atoms with van der Waals surface area (Å²) in [5, 5.41) is 23.2. The minimum absolute atomic E-state index is 0.00975. The molecule has 2 unspecified atom stereocenters. The molecule has 66 heavy (non-hydrogen) atoms. The average Bonchev–Trinajstić information content (AvgIpc) is 3.32. The highest BCUT2D eigenvalue weighted by Crippen LogP contribution is 2.17. The third-order valence-corrected chi connectivity index (χ3v) is 13.8. The summed E-state index contributed by atoms with van der Waals surface area (Å²) in [5.41, 5.74) is 0. The van der Waals surface area contributed by atoms with Crippen LogP contribution in [0.25, 0.3) is 0 Å². The van der Waals surface area contributed by atoms with E-state index in [0.717, 1.165) is 44.9 Å². The predicted molar refractivity (Wildman–Crippen MR) is 287 cm³/mol. The third-order valence-electron chi connectivity index (χ3n) is 13.8. The van der Waals surface area contributed by atoms with Crippen LogP contribution >= 0.6 is 0 Å². The first kappa shape index (κ1) is 64.3. The lowest BCUT2D eigenvalue weighted by molar-refractivity contribution is -0.143. The Morgan fingerprint density at radius 1 is 0.424 bits per heavy atom. The van der Waals surface area contributed by atoms with Crippen LogP contribution in [0.3, 0.4) is 0 Å². The number of aliphatic hydroxyl groups excluding tert-OH is 2. The summed E-state index contributed by atoms with van der Waals surface area (Å²) >= 11 is 0. The number of carbonyl (C=O) groups is 2. The van der Waals surface area contributed by atoms with Crippen LogP contribution in [0.5, 0.6) is 0 Å². The van der Waals surface area contributed by atoms with Gasteiger partial charge >= 0.3 is 5.97 Å². The fraction of sp³-hybridized carbons (Fsp3) is 0.900. The first-order valence-electron chi connectivity index (χ1n) is 29.6. The van der Waals surface area contributed by atoms with Crippen molar-refractivity contribution in [3.05, 3.63) is 24.3 Å². The molecule has 0 aliphatic heterocycles. The third kappa shape index (κ3) is 51.7. The average molecular weight is 931 g/mol. The fourth-order valence-corrected chi connectivity index (χ4v) is 9.20. The van der Waals surface area contributed by atoms with Gasteiger partial charge < -0.3 is 20.3 Å². The van der Waals surface area contributed by atoms with Crippen molar-refractivity contribution in [1.29, 1.82) is 0 Å². The number of esters is 1. The molecule has 6 nitrogen and oxygen atoms in total. The zero-order chi connectivity index (χ0) is 47.9. The lowest BCUT2D eigenvalue weighted by atomic mass is 10.0. The maximum atomic E-state index is 12.4. The lowest BCUT2D eigenvalue weighted by Crippen LogP contribution is -2.45. The van der Waals surface area contributed by atoms with Gasteiger partial charge in [0, 0.05) is 12.8 Å². The van der Waals surface area contributed by atoms with Gasteiger partial charge in [0.1, 0.15) is 0 Å². The van der Waals surface area contributed by atoms with E-state index in [0.29, 0.717) is 25.9 Å². The molecule has 0 saturated heterocycles. The van der Waals surface area contributed by atoms with E-state index in [1.54, 1.807) is 0 Å². The van der Waals surface area contributed by atoms with Gasteiger partial charge in [0.25, 0.3) is 0 Å². The molecule has 0 aliphatic carbocycles. The molecule has 0 aromatic carbocycles.